The van der Waals surface area contributed by atoms with Crippen molar-refractivity contribution in [1.82, 2.24) is 0 Å². The van der Waals surface area contributed by atoms with E-state index in [-0.39, 0.29) is 6.54 Å². The molecule has 0 spiro atoms. The van der Waals surface area contributed by atoms with Crippen LogP contribution in [-0.4, -0.2) is 22.2 Å². The lowest BCUT2D eigenvalue weighted by molar-refractivity contribution is -0.502. The fraction of sp³-hybridized carbons (Fsp3) is 1.00. The van der Waals surface area contributed by atoms with Crippen molar-refractivity contribution in [3.05, 3.63) is 10.1 Å². The van der Waals surface area contributed by atoms with Crippen molar-refractivity contribution >= 4 is 0 Å². The monoisotopic (exact) mass is 173 g/mol. The molecule has 0 aliphatic heterocycles. The average Bonchev–Trinajstić information content (AvgIpc) is 1.82. The Morgan fingerprint density at radius 1 is 1.75 bits per heavy atom. The summed E-state index contributed by atoms with van der Waals surface area (Å²) in [5, 5.41) is 20.0. The van der Waals surface area contributed by atoms with Gasteiger partial charge in [-0.2, -0.15) is 0 Å². The van der Waals surface area contributed by atoms with Crippen LogP contribution in [0, 0.1) is 16.0 Å². The van der Waals surface area contributed by atoms with Crippen molar-refractivity contribution in [1.29, 1.82) is 0 Å². The lowest BCUT2D eigenvalue weighted by Crippen LogP contribution is -2.41. The molecule has 0 radical (unpaired) electrons. The third-order valence-electron chi connectivity index (χ3n) is 2.49. The molecule has 0 bridgehead atoms. The molecule has 12 heavy (non-hydrogen) atoms. The van der Waals surface area contributed by atoms with Gasteiger partial charge in [0.25, 0.3) is 0 Å². The van der Waals surface area contributed by atoms with Crippen molar-refractivity contribution in [2.24, 2.45) is 5.92 Å². The molecule has 1 rings (SSSR count). The van der Waals surface area contributed by atoms with Gasteiger partial charge in [-0.15, -0.1) is 0 Å². The van der Waals surface area contributed by atoms with Crippen LogP contribution in [0.15, 0.2) is 0 Å². The minimum atomic E-state index is -1.03. The van der Waals surface area contributed by atoms with Crippen molar-refractivity contribution in [2.75, 3.05) is 6.54 Å². The van der Waals surface area contributed by atoms with Crippen molar-refractivity contribution in [2.45, 2.75) is 38.2 Å². The maximum Gasteiger partial charge on any atom is 0.232 e. The van der Waals surface area contributed by atoms with Crippen LogP contribution in [0.4, 0.5) is 0 Å². The van der Waals surface area contributed by atoms with Crippen molar-refractivity contribution in [3.8, 4) is 0 Å². The highest BCUT2D eigenvalue weighted by Crippen LogP contribution is 2.31. The average molecular weight is 173 g/mol. The van der Waals surface area contributed by atoms with Gasteiger partial charge in [0.05, 0.1) is 0 Å². The quantitative estimate of drug-likeness (QED) is 0.504. The predicted octanol–water partition coefficient (Wildman–Crippen LogP) is 1.20. The Morgan fingerprint density at radius 3 is 2.92 bits per heavy atom. The molecule has 1 saturated carbocycles. The Kier molecular flexibility index (Phi) is 2.67. The zero-order valence-corrected chi connectivity index (χ0v) is 7.32. The third kappa shape index (κ3) is 2.44. The lowest BCUT2D eigenvalue weighted by atomic mass is 9.79. The first-order valence-electron chi connectivity index (χ1n) is 4.36. The summed E-state index contributed by atoms with van der Waals surface area (Å²) in [4.78, 5) is 9.81. The van der Waals surface area contributed by atoms with E-state index < -0.39 is 10.5 Å². The SMILES string of the molecule is C[C@@H]1CCC[C@](O)(C[N+](=O)[O-])C1. The maximum absolute atomic E-state index is 10.2. The van der Waals surface area contributed by atoms with Gasteiger partial charge < -0.3 is 5.11 Å². The van der Waals surface area contributed by atoms with Gasteiger partial charge in [-0.05, 0) is 18.8 Å². The van der Waals surface area contributed by atoms with Crippen LogP contribution >= 0.6 is 0 Å². The lowest BCUT2D eigenvalue weighted by Gasteiger charge is -2.31. The highest BCUT2D eigenvalue weighted by atomic mass is 16.6. The summed E-state index contributed by atoms with van der Waals surface area (Å²) < 4.78 is 0. The second kappa shape index (κ2) is 3.39. The Balaban J connectivity index is 2.51. The summed E-state index contributed by atoms with van der Waals surface area (Å²) in [5.74, 6) is 0.420. The second-order valence-electron chi connectivity index (χ2n) is 3.92. The first-order valence-corrected chi connectivity index (χ1v) is 4.36. The minimum Gasteiger partial charge on any atom is -0.383 e. The molecule has 0 heterocycles. The summed E-state index contributed by atoms with van der Waals surface area (Å²) >= 11 is 0. The van der Waals surface area contributed by atoms with Gasteiger partial charge >= 0.3 is 0 Å². The van der Waals surface area contributed by atoms with Crippen LogP contribution in [0.3, 0.4) is 0 Å². The van der Waals surface area contributed by atoms with E-state index in [1.54, 1.807) is 0 Å². The smallest absolute Gasteiger partial charge is 0.232 e. The van der Waals surface area contributed by atoms with Crippen molar-refractivity contribution in [3.63, 3.8) is 0 Å². The molecule has 2 atom stereocenters. The topological polar surface area (TPSA) is 63.4 Å². The number of rotatable bonds is 2. The van der Waals surface area contributed by atoms with E-state index in [1.165, 1.54) is 0 Å². The highest BCUT2D eigenvalue weighted by molar-refractivity contribution is 4.84. The van der Waals surface area contributed by atoms with E-state index >= 15 is 0 Å². The molecule has 1 N–H and O–H groups in total. The summed E-state index contributed by atoms with van der Waals surface area (Å²) in [7, 11) is 0. The Hall–Kier alpha value is -0.640. The van der Waals surface area contributed by atoms with E-state index in [1.807, 2.05) is 6.92 Å². The van der Waals surface area contributed by atoms with Gasteiger partial charge in [0.15, 0.2) is 0 Å². The molecule has 0 unspecified atom stereocenters. The molecule has 0 amide bonds. The second-order valence-corrected chi connectivity index (χ2v) is 3.92. The zero-order chi connectivity index (χ0) is 9.19. The van der Waals surface area contributed by atoms with Crippen LogP contribution < -0.4 is 0 Å². The van der Waals surface area contributed by atoms with Gasteiger partial charge in [-0.3, -0.25) is 10.1 Å². The molecule has 0 aromatic heterocycles. The van der Waals surface area contributed by atoms with Crippen LogP contribution in [0.25, 0.3) is 0 Å². The van der Waals surface area contributed by atoms with Crippen LogP contribution in [0.5, 0.6) is 0 Å². The summed E-state index contributed by atoms with van der Waals surface area (Å²) in [6.45, 7) is 1.74. The molecule has 70 valence electrons. The molecule has 1 fully saturated rings. The molecular formula is C8H15NO3. The maximum atomic E-state index is 10.2. The van der Waals surface area contributed by atoms with Crippen LogP contribution in [-0.2, 0) is 0 Å². The van der Waals surface area contributed by atoms with Crippen LogP contribution in [0.2, 0.25) is 0 Å². The molecule has 4 nitrogen and oxygen atoms in total. The van der Waals surface area contributed by atoms with E-state index in [0.717, 1.165) is 12.8 Å². The first kappa shape index (κ1) is 9.45. The summed E-state index contributed by atoms with van der Waals surface area (Å²) in [5.41, 5.74) is -1.03. The molecule has 0 aromatic rings. The van der Waals surface area contributed by atoms with Gasteiger partial charge in [-0.1, -0.05) is 19.8 Å². The summed E-state index contributed by atoms with van der Waals surface area (Å²) in [6.07, 6.45) is 3.15. The van der Waals surface area contributed by atoms with Crippen molar-refractivity contribution < 1.29 is 10.0 Å². The van der Waals surface area contributed by atoms with Crippen LogP contribution in [0.1, 0.15) is 32.6 Å². The fourth-order valence-corrected chi connectivity index (χ4v) is 2.02. The van der Waals surface area contributed by atoms with Gasteiger partial charge in [0.2, 0.25) is 6.54 Å². The predicted molar refractivity (Wildman–Crippen MR) is 44.4 cm³/mol. The third-order valence-corrected chi connectivity index (χ3v) is 2.49. The van der Waals surface area contributed by atoms with E-state index in [9.17, 15) is 15.2 Å². The highest BCUT2D eigenvalue weighted by Gasteiger charge is 2.37. The Labute approximate surface area is 71.7 Å². The number of hydrogen-bond donors (Lipinski definition) is 1. The standard InChI is InChI=1S/C8H15NO3/c1-7-3-2-4-8(10,5-7)6-9(11)12/h7,10H,2-6H2,1H3/t7-,8-/m1/s1. The molecule has 1 aliphatic rings. The first-order chi connectivity index (χ1) is 5.52. The van der Waals surface area contributed by atoms with Gasteiger partial charge in [0.1, 0.15) is 5.60 Å². The van der Waals surface area contributed by atoms with E-state index in [4.69, 9.17) is 0 Å². The Morgan fingerprint density at radius 2 is 2.42 bits per heavy atom. The zero-order valence-electron chi connectivity index (χ0n) is 7.32. The minimum absolute atomic E-state index is 0.294. The molecule has 1 aliphatic carbocycles. The van der Waals surface area contributed by atoms with Gasteiger partial charge in [0, 0.05) is 4.92 Å². The molecule has 0 aromatic carbocycles. The Bertz CT molecular complexity index is 183. The van der Waals surface area contributed by atoms with E-state index in [0.29, 0.717) is 18.8 Å². The van der Waals surface area contributed by atoms with E-state index in [2.05, 4.69) is 0 Å². The molecule has 4 heteroatoms. The number of nitro groups is 1. The fourth-order valence-electron chi connectivity index (χ4n) is 2.02. The summed E-state index contributed by atoms with van der Waals surface area (Å²) in [6, 6.07) is 0. The van der Waals surface area contributed by atoms with Gasteiger partial charge in [-0.25, -0.2) is 0 Å². The largest absolute Gasteiger partial charge is 0.383 e. The normalized spacial score (nSPS) is 36.3. The number of nitrogens with zero attached hydrogens (tertiary/aromatic N) is 1. The molecular weight excluding hydrogens is 158 g/mol. The number of aliphatic hydroxyl groups is 1. The molecule has 0 saturated heterocycles. The number of hydrogen-bond acceptors (Lipinski definition) is 3.